The van der Waals surface area contributed by atoms with Gasteiger partial charge in [-0.25, -0.2) is 4.98 Å². The molecule has 0 aromatic carbocycles. The molecule has 0 spiro atoms. The molecule has 74 valence electrons. The number of nitrogens with two attached hydrogens (primary N) is 1. The van der Waals surface area contributed by atoms with E-state index >= 15 is 0 Å². The van der Waals surface area contributed by atoms with Gasteiger partial charge in [0.1, 0.15) is 5.82 Å². The van der Waals surface area contributed by atoms with E-state index in [1.807, 2.05) is 0 Å². The highest BCUT2D eigenvalue weighted by molar-refractivity contribution is 7.80. The number of carbonyl (C=O) groups is 1. The third-order valence-electron chi connectivity index (χ3n) is 1.74. The number of nitrogens with one attached hydrogen (secondary N) is 1. The number of pyridine rings is 1. The van der Waals surface area contributed by atoms with Crippen LogP contribution in [0.5, 0.6) is 0 Å². The fourth-order valence-corrected chi connectivity index (χ4v) is 0.907. The summed E-state index contributed by atoms with van der Waals surface area (Å²) in [6.07, 6.45) is 1.60. The van der Waals surface area contributed by atoms with Crippen LogP contribution in [0.3, 0.4) is 0 Å². The molecule has 14 heavy (non-hydrogen) atoms. The smallest absolute Gasteiger partial charge is 0.235 e. The summed E-state index contributed by atoms with van der Waals surface area (Å²) in [5.41, 5.74) is 5.34. The highest BCUT2D eigenvalue weighted by Gasteiger charge is 2.15. The quantitative estimate of drug-likeness (QED) is 0.727. The summed E-state index contributed by atoms with van der Waals surface area (Å²) >= 11 is 4.71. The number of carbonyl (C=O) groups excluding carboxylic acids is 1. The lowest BCUT2D eigenvalue weighted by Gasteiger charge is -2.09. The number of anilines is 1. The lowest BCUT2D eigenvalue weighted by Crippen LogP contribution is -2.31. The first kappa shape index (κ1) is 10.6. The van der Waals surface area contributed by atoms with Crippen LogP contribution >= 0.6 is 12.2 Å². The van der Waals surface area contributed by atoms with E-state index in [1.165, 1.54) is 0 Å². The van der Waals surface area contributed by atoms with E-state index in [4.69, 9.17) is 18.0 Å². The van der Waals surface area contributed by atoms with Crippen molar-refractivity contribution in [3.8, 4) is 0 Å². The van der Waals surface area contributed by atoms with Gasteiger partial charge < -0.3 is 11.1 Å². The lowest BCUT2D eigenvalue weighted by molar-refractivity contribution is -0.117. The first-order chi connectivity index (χ1) is 6.61. The van der Waals surface area contributed by atoms with E-state index in [0.717, 1.165) is 0 Å². The Morgan fingerprint density at radius 1 is 1.64 bits per heavy atom. The summed E-state index contributed by atoms with van der Waals surface area (Å²) in [5, 5.41) is 2.61. The highest BCUT2D eigenvalue weighted by Crippen LogP contribution is 2.04. The second-order valence-electron chi connectivity index (χ2n) is 2.83. The van der Waals surface area contributed by atoms with Gasteiger partial charge in [0.25, 0.3) is 0 Å². The molecule has 4 nitrogen and oxygen atoms in total. The molecule has 0 saturated carbocycles. The summed E-state index contributed by atoms with van der Waals surface area (Å²) in [7, 11) is 0. The van der Waals surface area contributed by atoms with Crippen molar-refractivity contribution in [1.82, 2.24) is 4.98 Å². The minimum atomic E-state index is -0.480. The fourth-order valence-electron chi connectivity index (χ4n) is 0.800. The molecule has 3 N–H and O–H groups in total. The molecular weight excluding hydrogens is 198 g/mol. The summed E-state index contributed by atoms with van der Waals surface area (Å²) < 4.78 is 0. The maximum atomic E-state index is 11.4. The Morgan fingerprint density at radius 3 is 2.86 bits per heavy atom. The molecule has 1 aromatic rings. The summed E-state index contributed by atoms with van der Waals surface area (Å²) in [6, 6.07) is 5.25. The zero-order valence-corrected chi connectivity index (χ0v) is 8.54. The van der Waals surface area contributed by atoms with Crippen LogP contribution in [0.15, 0.2) is 24.4 Å². The molecule has 0 saturated heterocycles. The zero-order chi connectivity index (χ0) is 10.6. The average molecular weight is 209 g/mol. The van der Waals surface area contributed by atoms with Gasteiger partial charge in [-0.15, -0.1) is 0 Å². The zero-order valence-electron chi connectivity index (χ0n) is 7.73. The normalized spacial score (nSPS) is 11.8. The number of hydrogen-bond donors (Lipinski definition) is 2. The van der Waals surface area contributed by atoms with E-state index in [1.54, 1.807) is 31.3 Å². The topological polar surface area (TPSA) is 68.0 Å². The Labute approximate surface area is 87.5 Å². The molecule has 1 atom stereocenters. The first-order valence-electron chi connectivity index (χ1n) is 4.12. The van der Waals surface area contributed by atoms with E-state index in [-0.39, 0.29) is 10.9 Å². The minimum absolute atomic E-state index is 0.179. The average Bonchev–Trinajstić information content (AvgIpc) is 2.18. The van der Waals surface area contributed by atoms with Crippen molar-refractivity contribution < 1.29 is 4.79 Å². The van der Waals surface area contributed by atoms with Crippen molar-refractivity contribution >= 4 is 28.9 Å². The van der Waals surface area contributed by atoms with Crippen molar-refractivity contribution in [3.63, 3.8) is 0 Å². The molecule has 0 aliphatic rings. The number of amides is 1. The van der Waals surface area contributed by atoms with Crippen LogP contribution in [-0.2, 0) is 4.79 Å². The second kappa shape index (κ2) is 4.66. The predicted molar refractivity (Wildman–Crippen MR) is 58.8 cm³/mol. The van der Waals surface area contributed by atoms with Gasteiger partial charge in [-0.05, 0) is 19.1 Å². The van der Waals surface area contributed by atoms with Crippen molar-refractivity contribution in [2.24, 2.45) is 11.7 Å². The van der Waals surface area contributed by atoms with Gasteiger partial charge in [-0.3, -0.25) is 4.79 Å². The number of rotatable bonds is 3. The van der Waals surface area contributed by atoms with Crippen LogP contribution < -0.4 is 11.1 Å². The molecule has 5 heteroatoms. The maximum Gasteiger partial charge on any atom is 0.235 e. The van der Waals surface area contributed by atoms with Gasteiger partial charge in [0.05, 0.1) is 10.9 Å². The largest absolute Gasteiger partial charge is 0.393 e. The summed E-state index contributed by atoms with van der Waals surface area (Å²) in [6.45, 7) is 1.65. The number of hydrogen-bond acceptors (Lipinski definition) is 3. The summed E-state index contributed by atoms with van der Waals surface area (Å²) in [5.74, 6) is -0.219. The van der Waals surface area contributed by atoms with Gasteiger partial charge in [-0.2, -0.15) is 0 Å². The van der Waals surface area contributed by atoms with Crippen LogP contribution in [0, 0.1) is 5.92 Å². The van der Waals surface area contributed by atoms with E-state index < -0.39 is 5.92 Å². The number of aromatic nitrogens is 1. The predicted octanol–water partition coefficient (Wildman–Crippen LogP) is 0.942. The third kappa shape index (κ3) is 2.77. The van der Waals surface area contributed by atoms with Crippen molar-refractivity contribution in [3.05, 3.63) is 24.4 Å². The Kier molecular flexibility index (Phi) is 3.53. The molecule has 1 heterocycles. The van der Waals surface area contributed by atoms with E-state index in [9.17, 15) is 4.79 Å². The monoisotopic (exact) mass is 209 g/mol. The molecule has 0 aliphatic carbocycles. The molecule has 0 fully saturated rings. The van der Waals surface area contributed by atoms with Crippen molar-refractivity contribution in [2.45, 2.75) is 6.92 Å². The van der Waals surface area contributed by atoms with E-state index in [2.05, 4.69) is 10.3 Å². The molecule has 1 unspecified atom stereocenters. The van der Waals surface area contributed by atoms with Gasteiger partial charge in [0.2, 0.25) is 5.91 Å². The SMILES string of the molecule is CC(C(=O)Nc1ccccn1)C(N)=S. The van der Waals surface area contributed by atoms with Crippen LogP contribution in [0.2, 0.25) is 0 Å². The third-order valence-corrected chi connectivity index (χ3v) is 2.09. The summed E-state index contributed by atoms with van der Waals surface area (Å²) in [4.78, 5) is 15.6. The lowest BCUT2D eigenvalue weighted by atomic mass is 10.1. The van der Waals surface area contributed by atoms with Crippen molar-refractivity contribution in [2.75, 3.05) is 5.32 Å². The first-order valence-corrected chi connectivity index (χ1v) is 4.53. The van der Waals surface area contributed by atoms with E-state index in [0.29, 0.717) is 5.82 Å². The Morgan fingerprint density at radius 2 is 2.36 bits per heavy atom. The molecule has 0 aliphatic heterocycles. The molecule has 0 radical (unpaired) electrons. The van der Waals surface area contributed by atoms with Gasteiger partial charge in [0.15, 0.2) is 0 Å². The highest BCUT2D eigenvalue weighted by atomic mass is 32.1. The van der Waals surface area contributed by atoms with Gasteiger partial charge in [0, 0.05) is 6.20 Å². The van der Waals surface area contributed by atoms with Crippen LogP contribution in [-0.4, -0.2) is 15.9 Å². The maximum absolute atomic E-state index is 11.4. The number of nitrogens with zero attached hydrogens (tertiary/aromatic N) is 1. The molecule has 1 rings (SSSR count). The Balaban J connectivity index is 2.62. The van der Waals surface area contributed by atoms with Gasteiger partial charge in [-0.1, -0.05) is 18.3 Å². The van der Waals surface area contributed by atoms with Crippen LogP contribution in [0.4, 0.5) is 5.82 Å². The molecule has 1 amide bonds. The van der Waals surface area contributed by atoms with Crippen molar-refractivity contribution in [1.29, 1.82) is 0 Å². The molecular formula is C9H11N3OS. The van der Waals surface area contributed by atoms with Gasteiger partial charge >= 0.3 is 0 Å². The van der Waals surface area contributed by atoms with Crippen LogP contribution in [0.25, 0.3) is 0 Å². The molecule has 1 aromatic heterocycles. The Hall–Kier alpha value is -1.49. The van der Waals surface area contributed by atoms with Crippen LogP contribution in [0.1, 0.15) is 6.92 Å². The standard InChI is InChI=1S/C9H11N3OS/c1-6(8(10)14)9(13)12-7-4-2-3-5-11-7/h2-6H,1H3,(H2,10,14)(H,11,12,13). The molecule has 0 bridgehead atoms. The second-order valence-corrected chi connectivity index (χ2v) is 3.30. The number of thiocarbonyl (C=S) groups is 1. The fraction of sp³-hybridized carbons (Fsp3) is 0.222. The minimum Gasteiger partial charge on any atom is -0.393 e. The Bertz CT molecular complexity index is 339.